The third kappa shape index (κ3) is 5.67. The van der Waals surface area contributed by atoms with E-state index >= 15 is 0 Å². The van der Waals surface area contributed by atoms with Crippen LogP contribution in [0, 0.1) is 0 Å². The summed E-state index contributed by atoms with van der Waals surface area (Å²) in [6.07, 6.45) is 1.18. The Kier molecular flexibility index (Phi) is 7.32. The highest BCUT2D eigenvalue weighted by Gasteiger charge is 2.14. The summed E-state index contributed by atoms with van der Waals surface area (Å²) < 4.78 is 10.0. The average molecular weight is 414 g/mol. The second-order valence-corrected chi connectivity index (χ2v) is 6.45. The molecule has 3 aromatic carbocycles. The number of esters is 1. The highest BCUT2D eigenvalue weighted by Crippen LogP contribution is 2.16. The van der Waals surface area contributed by atoms with Gasteiger partial charge in [0.2, 0.25) is 0 Å². The first-order valence-electron chi connectivity index (χ1n) is 9.55. The van der Waals surface area contributed by atoms with Crippen LogP contribution < -0.4 is 10.2 Å². The number of ether oxygens (including phenoxy) is 2. The number of nitrogens with one attached hydrogen (secondary N) is 1. The van der Waals surface area contributed by atoms with Gasteiger partial charge in [0.25, 0.3) is 0 Å². The third-order valence-corrected chi connectivity index (χ3v) is 4.44. The third-order valence-electron chi connectivity index (χ3n) is 4.44. The molecule has 0 aliphatic carbocycles. The molecule has 0 radical (unpaired) electrons. The van der Waals surface area contributed by atoms with Crippen LogP contribution in [0.15, 0.2) is 102 Å². The number of carbonyl (C=O) groups is 2. The number of hydrogen-bond acceptors (Lipinski definition) is 6. The number of hydrogen-bond donors (Lipinski definition) is 1. The fourth-order valence-corrected chi connectivity index (χ4v) is 2.82. The molecule has 0 unspecified atom stereocenters. The van der Waals surface area contributed by atoms with E-state index in [9.17, 15) is 9.59 Å². The Balaban J connectivity index is 1.97. The molecule has 0 aliphatic heterocycles. The van der Waals surface area contributed by atoms with Gasteiger partial charge in [-0.15, -0.1) is 0 Å². The van der Waals surface area contributed by atoms with Crippen LogP contribution in [0.1, 0.15) is 21.5 Å². The van der Waals surface area contributed by atoms with Gasteiger partial charge in [0, 0.05) is 22.8 Å². The first-order chi connectivity index (χ1) is 15.1. The molecule has 3 rings (SSSR count). The normalized spacial score (nSPS) is 11.5. The smallest absolute Gasteiger partial charge is 0.356 e. The second kappa shape index (κ2) is 10.5. The average Bonchev–Trinajstić information content (AvgIpc) is 2.84. The lowest BCUT2D eigenvalue weighted by molar-refractivity contribution is -0.136. The van der Waals surface area contributed by atoms with Crippen molar-refractivity contribution < 1.29 is 19.1 Å². The predicted molar refractivity (Wildman–Crippen MR) is 119 cm³/mol. The molecule has 0 fully saturated rings. The molecule has 0 saturated carbocycles. The number of ketones is 1. The summed E-state index contributed by atoms with van der Waals surface area (Å²) in [5, 5.41) is 4.44. The SMILES string of the molecule is COC(=O)C(=CC(=O)c1ccccc1)NN=C(c1ccccc1)c1ccc(OC)cc1. The van der Waals surface area contributed by atoms with Gasteiger partial charge in [-0.05, 0) is 24.3 Å². The molecule has 0 spiro atoms. The molecule has 3 aromatic rings. The van der Waals surface area contributed by atoms with Crippen LogP contribution in [0.25, 0.3) is 0 Å². The van der Waals surface area contributed by atoms with Crippen molar-refractivity contribution in [1.29, 1.82) is 0 Å². The molecular formula is C25H22N2O4. The summed E-state index contributed by atoms with van der Waals surface area (Å²) in [5.74, 6) is -0.322. The number of methoxy groups -OCH3 is 2. The maximum Gasteiger partial charge on any atom is 0.356 e. The van der Waals surface area contributed by atoms with E-state index in [-0.39, 0.29) is 11.5 Å². The fraction of sp³-hybridized carbons (Fsp3) is 0.0800. The lowest BCUT2D eigenvalue weighted by Crippen LogP contribution is -2.21. The lowest BCUT2D eigenvalue weighted by atomic mass is 10.0. The van der Waals surface area contributed by atoms with Gasteiger partial charge in [-0.25, -0.2) is 4.79 Å². The molecule has 0 amide bonds. The summed E-state index contributed by atoms with van der Waals surface area (Å²) in [4.78, 5) is 24.8. The molecular weight excluding hydrogens is 392 g/mol. The topological polar surface area (TPSA) is 77.0 Å². The predicted octanol–water partition coefficient (Wildman–Crippen LogP) is 3.98. The number of benzene rings is 3. The minimum Gasteiger partial charge on any atom is -0.497 e. The van der Waals surface area contributed by atoms with Gasteiger partial charge in [-0.3, -0.25) is 10.2 Å². The van der Waals surface area contributed by atoms with Crippen molar-refractivity contribution in [2.75, 3.05) is 14.2 Å². The number of carbonyl (C=O) groups excluding carboxylic acids is 2. The minimum absolute atomic E-state index is 0.0710. The quantitative estimate of drug-likeness (QED) is 0.198. The summed E-state index contributed by atoms with van der Waals surface area (Å²) in [6, 6.07) is 25.5. The van der Waals surface area contributed by atoms with E-state index in [2.05, 4.69) is 10.5 Å². The number of allylic oxidation sites excluding steroid dienone is 1. The minimum atomic E-state index is -0.699. The molecule has 0 bridgehead atoms. The summed E-state index contributed by atoms with van der Waals surface area (Å²) in [7, 11) is 2.84. The molecule has 0 atom stereocenters. The number of nitrogens with zero attached hydrogens (tertiary/aromatic N) is 1. The van der Waals surface area contributed by atoms with E-state index in [0.29, 0.717) is 17.0 Å². The van der Waals surface area contributed by atoms with E-state index in [1.54, 1.807) is 31.4 Å². The van der Waals surface area contributed by atoms with E-state index in [1.807, 2.05) is 60.7 Å². The zero-order chi connectivity index (χ0) is 22.1. The summed E-state index contributed by atoms with van der Waals surface area (Å²) in [6.45, 7) is 0. The van der Waals surface area contributed by atoms with Gasteiger partial charge >= 0.3 is 5.97 Å². The van der Waals surface area contributed by atoms with Gasteiger partial charge in [0.05, 0.1) is 19.9 Å². The molecule has 6 heteroatoms. The van der Waals surface area contributed by atoms with Crippen LogP contribution in [-0.4, -0.2) is 31.7 Å². The largest absolute Gasteiger partial charge is 0.497 e. The van der Waals surface area contributed by atoms with Crippen molar-refractivity contribution in [3.63, 3.8) is 0 Å². The number of rotatable bonds is 8. The van der Waals surface area contributed by atoms with Crippen molar-refractivity contribution in [2.45, 2.75) is 0 Å². The van der Waals surface area contributed by atoms with Gasteiger partial charge < -0.3 is 9.47 Å². The van der Waals surface area contributed by atoms with Crippen molar-refractivity contribution in [3.05, 3.63) is 113 Å². The molecule has 0 saturated heterocycles. The molecule has 156 valence electrons. The molecule has 1 N–H and O–H groups in total. The Morgan fingerprint density at radius 2 is 1.32 bits per heavy atom. The Morgan fingerprint density at radius 1 is 0.774 bits per heavy atom. The molecule has 31 heavy (non-hydrogen) atoms. The zero-order valence-corrected chi connectivity index (χ0v) is 17.2. The van der Waals surface area contributed by atoms with Crippen LogP contribution in [0.2, 0.25) is 0 Å². The van der Waals surface area contributed by atoms with Gasteiger partial charge in [-0.2, -0.15) is 5.10 Å². The van der Waals surface area contributed by atoms with Crippen LogP contribution in [-0.2, 0) is 9.53 Å². The fourth-order valence-electron chi connectivity index (χ4n) is 2.82. The lowest BCUT2D eigenvalue weighted by Gasteiger charge is -2.10. The Labute approximate surface area is 180 Å². The van der Waals surface area contributed by atoms with Crippen molar-refractivity contribution in [2.24, 2.45) is 5.10 Å². The van der Waals surface area contributed by atoms with E-state index in [4.69, 9.17) is 9.47 Å². The number of hydrazone groups is 1. The van der Waals surface area contributed by atoms with Crippen LogP contribution in [0.4, 0.5) is 0 Å². The molecule has 0 aromatic heterocycles. The molecule has 0 heterocycles. The highest BCUT2D eigenvalue weighted by molar-refractivity contribution is 6.13. The summed E-state index contributed by atoms with van der Waals surface area (Å²) in [5.41, 5.74) is 5.32. The monoisotopic (exact) mass is 414 g/mol. The maximum atomic E-state index is 12.5. The van der Waals surface area contributed by atoms with Crippen LogP contribution in [0.5, 0.6) is 5.75 Å². The second-order valence-electron chi connectivity index (χ2n) is 6.45. The van der Waals surface area contributed by atoms with Crippen LogP contribution in [0.3, 0.4) is 0 Å². The Morgan fingerprint density at radius 3 is 1.87 bits per heavy atom. The van der Waals surface area contributed by atoms with Crippen molar-refractivity contribution in [3.8, 4) is 5.75 Å². The molecule has 6 nitrogen and oxygen atoms in total. The van der Waals surface area contributed by atoms with E-state index in [0.717, 1.165) is 11.1 Å². The molecule has 0 aliphatic rings. The van der Waals surface area contributed by atoms with Gasteiger partial charge in [0.15, 0.2) is 5.78 Å². The highest BCUT2D eigenvalue weighted by atomic mass is 16.5. The standard InChI is InChI=1S/C25H22N2O4/c1-30-21-15-13-20(14-16-21)24(19-11-7-4-8-12-19)27-26-22(25(29)31-2)17-23(28)18-9-5-3-6-10-18/h3-17,26H,1-2H3. The van der Waals surface area contributed by atoms with Crippen LogP contribution >= 0.6 is 0 Å². The maximum absolute atomic E-state index is 12.5. The first-order valence-corrected chi connectivity index (χ1v) is 9.55. The Bertz CT molecular complexity index is 1090. The zero-order valence-electron chi connectivity index (χ0n) is 17.2. The van der Waals surface area contributed by atoms with E-state index < -0.39 is 5.97 Å². The van der Waals surface area contributed by atoms with Crippen molar-refractivity contribution >= 4 is 17.5 Å². The Hall–Kier alpha value is -4.19. The van der Waals surface area contributed by atoms with Gasteiger partial charge in [-0.1, -0.05) is 60.7 Å². The van der Waals surface area contributed by atoms with Gasteiger partial charge in [0.1, 0.15) is 11.4 Å². The first kappa shape index (κ1) is 21.5. The van der Waals surface area contributed by atoms with Crippen molar-refractivity contribution in [1.82, 2.24) is 5.43 Å². The summed E-state index contributed by atoms with van der Waals surface area (Å²) >= 11 is 0. The van der Waals surface area contributed by atoms with E-state index in [1.165, 1.54) is 13.2 Å².